The number of anilines is 3. The minimum absolute atomic E-state index is 0.332. The van der Waals surface area contributed by atoms with E-state index in [0.717, 1.165) is 66.8 Å². The highest BCUT2D eigenvalue weighted by atomic mass is 32.3. The fraction of sp³-hybridized carbons (Fsp3) is 0.522. The number of rotatable bonds is 9. The van der Waals surface area contributed by atoms with Crippen LogP contribution >= 0.6 is 10.0 Å². The highest BCUT2D eigenvalue weighted by molar-refractivity contribution is 8.32. The molecule has 4 heterocycles. The molecule has 0 atom stereocenters. The van der Waals surface area contributed by atoms with Gasteiger partial charge >= 0.3 is 0 Å². The summed E-state index contributed by atoms with van der Waals surface area (Å²) in [5, 5.41) is 4.42. The summed E-state index contributed by atoms with van der Waals surface area (Å²) in [5.41, 5.74) is 1.08. The van der Waals surface area contributed by atoms with Gasteiger partial charge in [-0.25, -0.2) is 20.0 Å². The van der Waals surface area contributed by atoms with E-state index < -0.39 is 10.0 Å². The van der Waals surface area contributed by atoms with Crippen molar-refractivity contribution in [3.8, 4) is 0 Å². The molecule has 3 aromatic rings. The molecule has 1 N–H and O–H groups in total. The van der Waals surface area contributed by atoms with Crippen molar-refractivity contribution in [1.82, 2.24) is 19.5 Å². The van der Waals surface area contributed by atoms with E-state index in [2.05, 4.69) is 49.6 Å². The van der Waals surface area contributed by atoms with Gasteiger partial charge < -0.3 is 24.3 Å². The van der Waals surface area contributed by atoms with Crippen LogP contribution in [0.5, 0.6) is 0 Å². The molecule has 0 radical (unpaired) electrons. The Morgan fingerprint density at radius 2 is 1.94 bits per heavy atom. The minimum Gasteiger partial charge on any atom is -0.381 e. The molecule has 0 saturated carbocycles. The SMILES string of the molecule is COC1CCN(c2nccc(Nc3cc4c(ccn4COCCS(C)(C)C)cn3)n2)CC1. The van der Waals surface area contributed by atoms with Gasteiger partial charge in [0.15, 0.2) is 0 Å². The summed E-state index contributed by atoms with van der Waals surface area (Å²) < 4.78 is 13.5. The van der Waals surface area contributed by atoms with Crippen molar-refractivity contribution < 1.29 is 9.47 Å². The van der Waals surface area contributed by atoms with Gasteiger partial charge in [-0.3, -0.25) is 0 Å². The van der Waals surface area contributed by atoms with Crippen LogP contribution in [-0.2, 0) is 16.2 Å². The molecule has 174 valence electrons. The minimum atomic E-state index is -0.541. The third kappa shape index (κ3) is 5.90. The molecule has 0 aromatic carbocycles. The lowest BCUT2D eigenvalue weighted by molar-refractivity contribution is 0.0816. The summed E-state index contributed by atoms with van der Waals surface area (Å²) in [6.45, 7) is 3.12. The van der Waals surface area contributed by atoms with Gasteiger partial charge in [0.1, 0.15) is 18.4 Å². The Morgan fingerprint density at radius 1 is 1.12 bits per heavy atom. The lowest BCUT2D eigenvalue weighted by atomic mass is 10.1. The molecule has 32 heavy (non-hydrogen) atoms. The molecular formula is C23H34N6O2S. The monoisotopic (exact) mass is 458 g/mol. The average molecular weight is 459 g/mol. The molecule has 1 fully saturated rings. The second-order valence-corrected chi connectivity index (χ2v) is 13.6. The van der Waals surface area contributed by atoms with E-state index in [1.165, 1.54) is 0 Å². The first-order chi connectivity index (χ1) is 15.4. The number of fused-ring (bicyclic) bond motifs is 1. The van der Waals surface area contributed by atoms with Gasteiger partial charge in [0.05, 0.1) is 18.2 Å². The molecule has 0 unspecified atom stereocenters. The maximum Gasteiger partial charge on any atom is 0.227 e. The van der Waals surface area contributed by atoms with Gasteiger partial charge in [-0.1, -0.05) is 0 Å². The van der Waals surface area contributed by atoms with Crippen molar-refractivity contribution in [3.05, 3.63) is 36.8 Å². The van der Waals surface area contributed by atoms with E-state index in [4.69, 9.17) is 14.5 Å². The lowest BCUT2D eigenvalue weighted by Crippen LogP contribution is -2.37. The first kappa shape index (κ1) is 22.8. The summed E-state index contributed by atoms with van der Waals surface area (Å²) in [7, 11) is 1.24. The molecule has 8 nitrogen and oxygen atoms in total. The van der Waals surface area contributed by atoms with Crippen molar-refractivity contribution in [2.45, 2.75) is 25.7 Å². The molecule has 4 rings (SSSR count). The molecule has 0 amide bonds. The van der Waals surface area contributed by atoms with Crippen molar-refractivity contribution in [3.63, 3.8) is 0 Å². The lowest BCUT2D eigenvalue weighted by Gasteiger charge is -2.31. The van der Waals surface area contributed by atoms with Crippen LogP contribution in [0.15, 0.2) is 36.8 Å². The van der Waals surface area contributed by atoms with Crippen molar-refractivity contribution in [2.75, 3.05) is 61.5 Å². The van der Waals surface area contributed by atoms with Gasteiger partial charge in [-0.2, -0.15) is 4.98 Å². The second-order valence-electron chi connectivity index (χ2n) is 9.04. The van der Waals surface area contributed by atoms with E-state index in [0.29, 0.717) is 12.8 Å². The first-order valence-electron chi connectivity index (χ1n) is 11.0. The highest BCUT2D eigenvalue weighted by Gasteiger charge is 2.20. The normalized spacial score (nSPS) is 15.9. The van der Waals surface area contributed by atoms with Gasteiger partial charge in [0.2, 0.25) is 5.95 Å². The Kier molecular flexibility index (Phi) is 7.17. The number of aromatic nitrogens is 4. The quantitative estimate of drug-likeness (QED) is 0.488. The predicted molar refractivity (Wildman–Crippen MR) is 133 cm³/mol. The Bertz CT molecular complexity index is 1030. The number of hydrogen-bond acceptors (Lipinski definition) is 7. The van der Waals surface area contributed by atoms with E-state index in [9.17, 15) is 0 Å². The average Bonchev–Trinajstić information content (AvgIpc) is 3.18. The molecule has 0 spiro atoms. The number of pyridine rings is 1. The molecule has 1 aliphatic heterocycles. The zero-order valence-electron chi connectivity index (χ0n) is 19.5. The third-order valence-electron chi connectivity index (χ3n) is 5.68. The molecular weight excluding hydrogens is 424 g/mol. The molecule has 0 aliphatic carbocycles. The Balaban J connectivity index is 1.42. The number of piperidine rings is 1. The van der Waals surface area contributed by atoms with E-state index in [1.807, 2.05) is 24.5 Å². The fourth-order valence-electron chi connectivity index (χ4n) is 3.73. The van der Waals surface area contributed by atoms with Crippen LogP contribution in [0, 0.1) is 0 Å². The van der Waals surface area contributed by atoms with Gasteiger partial charge in [0, 0.05) is 56.0 Å². The maximum absolute atomic E-state index is 5.93. The van der Waals surface area contributed by atoms with Crippen LogP contribution in [0.1, 0.15) is 12.8 Å². The smallest absolute Gasteiger partial charge is 0.227 e. The van der Waals surface area contributed by atoms with Crippen LogP contribution in [0.25, 0.3) is 10.9 Å². The summed E-state index contributed by atoms with van der Waals surface area (Å²) in [6.07, 6.45) is 15.0. The van der Waals surface area contributed by atoms with Crippen molar-refractivity contribution in [2.24, 2.45) is 0 Å². The van der Waals surface area contributed by atoms with Crippen LogP contribution in [0.3, 0.4) is 0 Å². The van der Waals surface area contributed by atoms with Gasteiger partial charge in [-0.15, -0.1) is 0 Å². The number of hydrogen-bond donors (Lipinski definition) is 1. The van der Waals surface area contributed by atoms with Crippen LogP contribution < -0.4 is 10.2 Å². The van der Waals surface area contributed by atoms with E-state index in [1.54, 1.807) is 13.3 Å². The van der Waals surface area contributed by atoms with Crippen LogP contribution in [0.2, 0.25) is 0 Å². The fourth-order valence-corrected chi connectivity index (χ4v) is 4.35. The highest BCUT2D eigenvalue weighted by Crippen LogP contribution is 2.33. The number of ether oxygens (including phenoxy) is 2. The van der Waals surface area contributed by atoms with E-state index >= 15 is 0 Å². The largest absolute Gasteiger partial charge is 0.381 e. The third-order valence-corrected chi connectivity index (χ3v) is 7.07. The summed E-state index contributed by atoms with van der Waals surface area (Å²) in [4.78, 5) is 15.9. The van der Waals surface area contributed by atoms with Crippen molar-refractivity contribution in [1.29, 1.82) is 0 Å². The predicted octanol–water partition coefficient (Wildman–Crippen LogP) is 3.85. The first-order valence-corrected chi connectivity index (χ1v) is 14.0. The second kappa shape index (κ2) is 10.1. The van der Waals surface area contributed by atoms with E-state index in [-0.39, 0.29) is 0 Å². The summed E-state index contributed by atoms with van der Waals surface area (Å²) in [6, 6.07) is 5.98. The van der Waals surface area contributed by atoms with Gasteiger partial charge in [-0.05, 0) is 43.7 Å². The Labute approximate surface area is 191 Å². The topological polar surface area (TPSA) is 77.3 Å². The molecule has 1 aliphatic rings. The van der Waals surface area contributed by atoms with Crippen molar-refractivity contribution >= 4 is 38.5 Å². The molecule has 1 saturated heterocycles. The number of nitrogens with one attached hydrogen (secondary N) is 1. The number of nitrogens with zero attached hydrogens (tertiary/aromatic N) is 5. The van der Waals surface area contributed by atoms with Crippen LogP contribution in [0.4, 0.5) is 17.6 Å². The zero-order valence-corrected chi connectivity index (χ0v) is 20.3. The number of methoxy groups -OCH3 is 1. The Hall–Kier alpha value is -2.36. The molecule has 9 heteroatoms. The summed E-state index contributed by atoms with van der Waals surface area (Å²) >= 11 is 0. The Morgan fingerprint density at radius 3 is 2.69 bits per heavy atom. The van der Waals surface area contributed by atoms with Gasteiger partial charge in [0.25, 0.3) is 0 Å². The summed E-state index contributed by atoms with van der Waals surface area (Å²) in [5.74, 6) is 3.33. The maximum atomic E-state index is 5.93. The molecule has 0 bridgehead atoms. The van der Waals surface area contributed by atoms with Crippen LogP contribution in [-0.4, -0.2) is 76.9 Å². The zero-order chi connectivity index (χ0) is 22.6. The standard InChI is InChI=1S/C23H34N6O2S/c1-30-19-7-11-28(12-8-19)23-24-9-5-21(27-23)26-22-15-20-18(16-25-22)6-10-29(20)17-31-13-14-32(2,3)4/h5-6,9-10,15-16,19H,7-8,11-14,17H2,1-4H3,(H,24,25,26,27). The molecule has 3 aromatic heterocycles.